The van der Waals surface area contributed by atoms with Crippen molar-refractivity contribution in [2.45, 2.75) is 19.5 Å². The fourth-order valence-corrected chi connectivity index (χ4v) is 2.04. The average molecular weight is 233 g/mol. The molecule has 2 rings (SSSR count). The molecule has 0 spiro atoms. The zero-order valence-electron chi connectivity index (χ0n) is 10.1. The van der Waals surface area contributed by atoms with Gasteiger partial charge in [0.25, 0.3) is 0 Å². The summed E-state index contributed by atoms with van der Waals surface area (Å²) in [4.78, 5) is 13.4. The first kappa shape index (κ1) is 12.1. The van der Waals surface area contributed by atoms with E-state index in [2.05, 4.69) is 17.1 Å². The van der Waals surface area contributed by atoms with Crippen LogP contribution >= 0.6 is 0 Å². The van der Waals surface area contributed by atoms with Gasteiger partial charge in [-0.3, -0.25) is 9.69 Å². The van der Waals surface area contributed by atoms with E-state index in [-0.39, 0.29) is 5.91 Å². The molecule has 17 heavy (non-hydrogen) atoms. The maximum Gasteiger partial charge on any atom is 0.248 e. The Labute approximate surface area is 102 Å². The summed E-state index contributed by atoms with van der Waals surface area (Å²) in [5, 5.41) is 3.28. The van der Waals surface area contributed by atoms with E-state index in [1.807, 2.05) is 12.1 Å². The smallest absolute Gasteiger partial charge is 0.248 e. The molecule has 0 aromatic heterocycles. The molecule has 1 aromatic carbocycles. The van der Waals surface area contributed by atoms with Crippen LogP contribution in [0.15, 0.2) is 24.3 Å². The molecule has 1 aliphatic rings. The molecule has 1 aliphatic heterocycles. The number of amides is 1. The maximum absolute atomic E-state index is 11.0. The van der Waals surface area contributed by atoms with E-state index >= 15 is 0 Å². The third kappa shape index (κ3) is 2.84. The Morgan fingerprint density at radius 1 is 1.41 bits per heavy atom. The Bertz CT molecular complexity index is 384. The quantitative estimate of drug-likeness (QED) is 0.782. The van der Waals surface area contributed by atoms with E-state index < -0.39 is 0 Å². The molecule has 0 aliphatic carbocycles. The second-order valence-corrected chi connectivity index (χ2v) is 4.44. The molecule has 92 valence electrons. The monoisotopic (exact) mass is 233 g/mol. The van der Waals surface area contributed by atoms with Crippen molar-refractivity contribution < 1.29 is 4.79 Å². The summed E-state index contributed by atoms with van der Waals surface area (Å²) >= 11 is 0. The lowest BCUT2D eigenvalue weighted by Crippen LogP contribution is -2.56. The van der Waals surface area contributed by atoms with Crippen LogP contribution in [-0.4, -0.2) is 36.5 Å². The second kappa shape index (κ2) is 5.29. The summed E-state index contributed by atoms with van der Waals surface area (Å²) in [6, 6.07) is 8.20. The predicted octanol–water partition coefficient (Wildman–Crippen LogP) is 0.579. The van der Waals surface area contributed by atoms with Gasteiger partial charge in [-0.2, -0.15) is 0 Å². The first-order valence-corrected chi connectivity index (χ1v) is 6.04. The average Bonchev–Trinajstić information content (AvgIpc) is 2.26. The number of nitrogens with one attached hydrogen (secondary N) is 1. The summed E-state index contributed by atoms with van der Waals surface area (Å²) in [7, 11) is 0. The molecular weight excluding hydrogens is 214 g/mol. The summed E-state index contributed by atoms with van der Waals surface area (Å²) in [5.74, 6) is -0.368. The molecular formula is C13H19N3O. The number of rotatable bonds is 5. The van der Waals surface area contributed by atoms with Crippen LogP contribution in [0.5, 0.6) is 0 Å². The van der Waals surface area contributed by atoms with Gasteiger partial charge < -0.3 is 11.1 Å². The van der Waals surface area contributed by atoms with Gasteiger partial charge in [-0.15, -0.1) is 0 Å². The summed E-state index contributed by atoms with van der Waals surface area (Å²) in [6.45, 7) is 6.31. The highest BCUT2D eigenvalue weighted by molar-refractivity contribution is 5.92. The number of nitrogens with two attached hydrogens (primary N) is 1. The van der Waals surface area contributed by atoms with Gasteiger partial charge >= 0.3 is 0 Å². The van der Waals surface area contributed by atoms with Crippen molar-refractivity contribution in [1.29, 1.82) is 0 Å². The molecule has 0 bridgehead atoms. The highest BCUT2D eigenvalue weighted by atomic mass is 16.1. The minimum atomic E-state index is -0.368. The minimum Gasteiger partial charge on any atom is -0.366 e. The van der Waals surface area contributed by atoms with Crippen molar-refractivity contribution >= 4 is 5.91 Å². The number of carbonyl (C=O) groups excluding carboxylic acids is 1. The fourth-order valence-electron chi connectivity index (χ4n) is 2.04. The SMILES string of the molecule is CCN(Cc1ccc(C(N)=O)cc1)C1CNC1. The first-order chi connectivity index (χ1) is 8.20. The van der Waals surface area contributed by atoms with Gasteiger partial charge in [0.15, 0.2) is 0 Å². The number of primary amides is 1. The molecule has 1 heterocycles. The molecule has 0 atom stereocenters. The molecule has 4 nitrogen and oxygen atoms in total. The Hall–Kier alpha value is -1.39. The maximum atomic E-state index is 11.0. The van der Waals surface area contributed by atoms with Crippen LogP contribution in [0.4, 0.5) is 0 Å². The molecule has 1 saturated heterocycles. The second-order valence-electron chi connectivity index (χ2n) is 4.44. The highest BCUT2D eigenvalue weighted by Gasteiger charge is 2.22. The van der Waals surface area contributed by atoms with E-state index in [9.17, 15) is 4.79 Å². The van der Waals surface area contributed by atoms with Crippen molar-refractivity contribution in [2.75, 3.05) is 19.6 Å². The summed E-state index contributed by atoms with van der Waals surface area (Å²) in [5.41, 5.74) is 7.01. The van der Waals surface area contributed by atoms with E-state index in [0.29, 0.717) is 11.6 Å². The van der Waals surface area contributed by atoms with Gasteiger partial charge in [-0.1, -0.05) is 19.1 Å². The molecule has 3 N–H and O–H groups in total. The van der Waals surface area contributed by atoms with Gasteiger partial charge in [0.2, 0.25) is 5.91 Å². The Morgan fingerprint density at radius 2 is 2.06 bits per heavy atom. The Kier molecular flexibility index (Phi) is 3.76. The van der Waals surface area contributed by atoms with Gasteiger partial charge in [-0.05, 0) is 24.2 Å². The normalized spacial score (nSPS) is 15.9. The lowest BCUT2D eigenvalue weighted by molar-refractivity contribution is 0.1000. The van der Waals surface area contributed by atoms with Crippen LogP contribution in [0.2, 0.25) is 0 Å². The summed E-state index contributed by atoms with van der Waals surface area (Å²) < 4.78 is 0. The van der Waals surface area contributed by atoms with Crippen LogP contribution in [0.3, 0.4) is 0 Å². The third-order valence-electron chi connectivity index (χ3n) is 3.31. The van der Waals surface area contributed by atoms with E-state index in [0.717, 1.165) is 26.2 Å². The minimum absolute atomic E-state index is 0.368. The van der Waals surface area contributed by atoms with Crippen LogP contribution in [0.25, 0.3) is 0 Å². The number of benzene rings is 1. The van der Waals surface area contributed by atoms with E-state index in [1.165, 1.54) is 5.56 Å². The lowest BCUT2D eigenvalue weighted by atomic mass is 10.1. The van der Waals surface area contributed by atoms with Crippen molar-refractivity contribution in [1.82, 2.24) is 10.2 Å². The topological polar surface area (TPSA) is 58.4 Å². The fraction of sp³-hybridized carbons (Fsp3) is 0.462. The number of likely N-dealkylation sites (N-methyl/N-ethyl adjacent to an activating group) is 1. The predicted molar refractivity (Wildman–Crippen MR) is 67.7 cm³/mol. The van der Waals surface area contributed by atoms with Crippen LogP contribution in [-0.2, 0) is 6.54 Å². The first-order valence-electron chi connectivity index (χ1n) is 6.04. The molecule has 1 aromatic rings. The van der Waals surface area contributed by atoms with Crippen LogP contribution in [0.1, 0.15) is 22.8 Å². The Balaban J connectivity index is 1.99. The molecule has 0 unspecified atom stereocenters. The number of hydrogen-bond donors (Lipinski definition) is 2. The largest absolute Gasteiger partial charge is 0.366 e. The molecule has 1 fully saturated rings. The number of nitrogens with zero attached hydrogens (tertiary/aromatic N) is 1. The zero-order valence-corrected chi connectivity index (χ0v) is 10.1. The standard InChI is InChI=1S/C13H19N3O/c1-2-16(12-7-15-8-12)9-10-3-5-11(6-4-10)13(14)17/h3-6,12,15H,2,7-9H2,1H3,(H2,14,17). The zero-order chi connectivity index (χ0) is 12.3. The van der Waals surface area contributed by atoms with Crippen LogP contribution in [0, 0.1) is 0 Å². The van der Waals surface area contributed by atoms with E-state index in [4.69, 9.17) is 5.73 Å². The van der Waals surface area contributed by atoms with Crippen molar-refractivity contribution in [3.63, 3.8) is 0 Å². The van der Waals surface area contributed by atoms with Gasteiger partial charge in [0.1, 0.15) is 0 Å². The van der Waals surface area contributed by atoms with Gasteiger partial charge in [0.05, 0.1) is 0 Å². The van der Waals surface area contributed by atoms with Crippen molar-refractivity contribution in [3.05, 3.63) is 35.4 Å². The lowest BCUT2D eigenvalue weighted by Gasteiger charge is -2.37. The Morgan fingerprint density at radius 3 is 2.47 bits per heavy atom. The molecule has 0 saturated carbocycles. The van der Waals surface area contributed by atoms with Crippen molar-refractivity contribution in [2.24, 2.45) is 5.73 Å². The molecule has 1 amide bonds. The summed E-state index contributed by atoms with van der Waals surface area (Å²) in [6.07, 6.45) is 0. The highest BCUT2D eigenvalue weighted by Crippen LogP contribution is 2.12. The van der Waals surface area contributed by atoms with E-state index in [1.54, 1.807) is 12.1 Å². The van der Waals surface area contributed by atoms with Gasteiger partial charge in [-0.25, -0.2) is 0 Å². The number of carbonyl (C=O) groups is 1. The van der Waals surface area contributed by atoms with Crippen molar-refractivity contribution in [3.8, 4) is 0 Å². The molecule has 0 radical (unpaired) electrons. The number of hydrogen-bond acceptors (Lipinski definition) is 3. The van der Waals surface area contributed by atoms with Gasteiger partial charge in [0, 0.05) is 31.2 Å². The molecule has 4 heteroatoms. The third-order valence-corrected chi connectivity index (χ3v) is 3.31. The van der Waals surface area contributed by atoms with Crippen LogP contribution < -0.4 is 11.1 Å².